The summed E-state index contributed by atoms with van der Waals surface area (Å²) >= 11 is 0. The molecule has 0 unspecified atom stereocenters. The third-order valence-electron chi connectivity index (χ3n) is 2.13. The van der Waals surface area contributed by atoms with Crippen molar-refractivity contribution in [3.05, 3.63) is 0 Å². The summed E-state index contributed by atoms with van der Waals surface area (Å²) in [6.45, 7) is 3.54. The number of quaternary nitrogens is 2. The van der Waals surface area contributed by atoms with Gasteiger partial charge in [0.25, 0.3) is 0 Å². The second-order valence-corrected chi connectivity index (χ2v) is 3.57. The molecule has 0 aromatic rings. The van der Waals surface area contributed by atoms with Crippen molar-refractivity contribution in [3.8, 4) is 0 Å². The Kier molecular flexibility index (Phi) is 8.57. The summed E-state index contributed by atoms with van der Waals surface area (Å²) in [5.41, 5.74) is 7.55. The summed E-state index contributed by atoms with van der Waals surface area (Å²) < 4.78 is 5.06. The van der Waals surface area contributed by atoms with E-state index in [0.29, 0.717) is 6.61 Å². The average molecular weight is 204 g/mol. The smallest absolute Gasteiger partial charge is 0.364 e. The first kappa shape index (κ1) is 13.4. The normalized spacial score (nSPS) is 12.5. The fraction of sp³-hybridized carbons (Fsp3) is 0.900. The third-order valence-corrected chi connectivity index (χ3v) is 2.13. The lowest BCUT2D eigenvalue weighted by atomic mass is 10.1. The molecule has 4 heteroatoms. The number of hydrogen-bond acceptors (Lipinski definition) is 2. The van der Waals surface area contributed by atoms with E-state index in [9.17, 15) is 4.79 Å². The maximum absolute atomic E-state index is 11.3. The van der Waals surface area contributed by atoms with E-state index in [-0.39, 0.29) is 12.0 Å². The summed E-state index contributed by atoms with van der Waals surface area (Å²) in [6.07, 6.45) is 4.89. The Bertz CT molecular complexity index is 151. The zero-order valence-corrected chi connectivity index (χ0v) is 9.26. The molecule has 0 aromatic carbocycles. The van der Waals surface area contributed by atoms with E-state index < -0.39 is 0 Å². The van der Waals surface area contributed by atoms with Crippen LogP contribution in [0.5, 0.6) is 0 Å². The molecular formula is C10H24N2O2+2. The molecule has 0 aliphatic heterocycles. The Balaban J connectivity index is 3.44. The number of carbonyl (C=O) groups is 1. The van der Waals surface area contributed by atoms with Gasteiger partial charge in [0.2, 0.25) is 0 Å². The standard InChI is InChI=1S/C10H22N2O2/c1-2-3-8-14-10(13)9(12)6-4-5-7-11/h9H,2-8,11-12H2,1H3/p+2/t9-/m0/s1. The van der Waals surface area contributed by atoms with E-state index in [2.05, 4.69) is 18.4 Å². The molecule has 0 heterocycles. The van der Waals surface area contributed by atoms with Crippen molar-refractivity contribution < 1.29 is 21.0 Å². The van der Waals surface area contributed by atoms with Crippen LogP contribution in [0.25, 0.3) is 0 Å². The van der Waals surface area contributed by atoms with Crippen LogP contribution in [-0.2, 0) is 9.53 Å². The van der Waals surface area contributed by atoms with Gasteiger partial charge in [-0.05, 0) is 19.3 Å². The molecule has 0 bridgehead atoms. The highest BCUT2D eigenvalue weighted by molar-refractivity contribution is 5.73. The topological polar surface area (TPSA) is 81.6 Å². The van der Waals surface area contributed by atoms with Crippen LogP contribution >= 0.6 is 0 Å². The van der Waals surface area contributed by atoms with Gasteiger partial charge < -0.3 is 16.2 Å². The molecule has 0 radical (unpaired) electrons. The van der Waals surface area contributed by atoms with E-state index in [1.165, 1.54) is 0 Å². The van der Waals surface area contributed by atoms with Crippen molar-refractivity contribution >= 4 is 5.97 Å². The summed E-state index contributed by atoms with van der Waals surface area (Å²) in [4.78, 5) is 11.3. The second-order valence-electron chi connectivity index (χ2n) is 3.57. The minimum Gasteiger partial charge on any atom is -0.461 e. The first-order valence-corrected chi connectivity index (χ1v) is 5.51. The third kappa shape index (κ3) is 6.86. The van der Waals surface area contributed by atoms with Crippen molar-refractivity contribution in [1.29, 1.82) is 0 Å². The highest BCUT2D eigenvalue weighted by Gasteiger charge is 2.17. The van der Waals surface area contributed by atoms with Gasteiger partial charge in [0.1, 0.15) is 0 Å². The quantitative estimate of drug-likeness (QED) is 0.407. The molecule has 0 saturated heterocycles. The number of esters is 1. The number of unbranched alkanes of at least 4 members (excludes halogenated alkanes) is 2. The monoisotopic (exact) mass is 204 g/mol. The Hall–Kier alpha value is -0.610. The van der Waals surface area contributed by atoms with Gasteiger partial charge in [-0.2, -0.15) is 0 Å². The first-order chi connectivity index (χ1) is 6.72. The van der Waals surface area contributed by atoms with Crippen molar-refractivity contribution in [2.24, 2.45) is 0 Å². The Morgan fingerprint density at radius 1 is 1.36 bits per heavy atom. The van der Waals surface area contributed by atoms with Crippen molar-refractivity contribution in [1.82, 2.24) is 0 Å². The SMILES string of the molecule is CCCCOC(=O)[C@@H]([NH3+])CCCC[NH3+]. The minimum atomic E-state index is -0.196. The van der Waals surface area contributed by atoms with Crippen molar-refractivity contribution in [3.63, 3.8) is 0 Å². The van der Waals surface area contributed by atoms with Crippen LogP contribution in [0.3, 0.4) is 0 Å². The molecule has 0 aliphatic carbocycles. The number of carbonyl (C=O) groups excluding carboxylic acids is 1. The lowest BCUT2D eigenvalue weighted by molar-refractivity contribution is -0.410. The maximum atomic E-state index is 11.3. The highest BCUT2D eigenvalue weighted by Crippen LogP contribution is 1.99. The Labute approximate surface area is 86.0 Å². The number of ether oxygens (including phenoxy) is 1. The second kappa shape index (κ2) is 8.97. The van der Waals surface area contributed by atoms with Gasteiger partial charge in [-0.1, -0.05) is 13.3 Å². The lowest BCUT2D eigenvalue weighted by Crippen LogP contribution is -2.65. The zero-order valence-electron chi connectivity index (χ0n) is 9.26. The molecule has 4 nitrogen and oxygen atoms in total. The van der Waals surface area contributed by atoms with Crippen LogP contribution in [0.2, 0.25) is 0 Å². The summed E-state index contributed by atoms with van der Waals surface area (Å²) in [6, 6.07) is -0.196. The number of rotatable bonds is 8. The molecule has 14 heavy (non-hydrogen) atoms. The zero-order chi connectivity index (χ0) is 10.8. The predicted molar refractivity (Wildman–Crippen MR) is 54.1 cm³/mol. The Morgan fingerprint density at radius 2 is 2.07 bits per heavy atom. The molecule has 0 aliphatic rings. The largest absolute Gasteiger partial charge is 0.461 e. The highest BCUT2D eigenvalue weighted by atomic mass is 16.5. The molecule has 0 spiro atoms. The summed E-state index contributed by atoms with van der Waals surface area (Å²) in [5.74, 6) is -0.150. The first-order valence-electron chi connectivity index (χ1n) is 5.51. The van der Waals surface area contributed by atoms with E-state index in [1.54, 1.807) is 0 Å². The molecule has 6 N–H and O–H groups in total. The van der Waals surface area contributed by atoms with Gasteiger partial charge >= 0.3 is 5.97 Å². The average Bonchev–Trinajstić information content (AvgIpc) is 2.18. The molecule has 0 fully saturated rings. The van der Waals surface area contributed by atoms with E-state index in [1.807, 2.05) is 0 Å². The van der Waals surface area contributed by atoms with E-state index in [4.69, 9.17) is 4.74 Å². The van der Waals surface area contributed by atoms with Gasteiger partial charge in [-0.25, -0.2) is 4.79 Å². The summed E-state index contributed by atoms with van der Waals surface area (Å²) in [7, 11) is 0. The van der Waals surface area contributed by atoms with Crippen molar-refractivity contribution in [2.45, 2.75) is 45.1 Å². The predicted octanol–water partition coefficient (Wildman–Crippen LogP) is -0.648. The van der Waals surface area contributed by atoms with Crippen LogP contribution in [0, 0.1) is 0 Å². The van der Waals surface area contributed by atoms with Gasteiger partial charge in [0, 0.05) is 6.42 Å². The molecule has 0 saturated carbocycles. The van der Waals surface area contributed by atoms with Gasteiger partial charge in [-0.15, -0.1) is 0 Å². The van der Waals surface area contributed by atoms with Crippen molar-refractivity contribution in [2.75, 3.05) is 13.2 Å². The van der Waals surface area contributed by atoms with E-state index >= 15 is 0 Å². The molecule has 0 rings (SSSR count). The molecule has 1 atom stereocenters. The maximum Gasteiger partial charge on any atom is 0.364 e. The van der Waals surface area contributed by atoms with E-state index in [0.717, 1.165) is 38.6 Å². The molecule has 0 aromatic heterocycles. The fourth-order valence-corrected chi connectivity index (χ4v) is 1.12. The molecular weight excluding hydrogens is 180 g/mol. The summed E-state index contributed by atoms with van der Waals surface area (Å²) in [5, 5.41) is 0. The fourth-order valence-electron chi connectivity index (χ4n) is 1.12. The van der Waals surface area contributed by atoms with Gasteiger partial charge in [-0.3, -0.25) is 0 Å². The molecule has 84 valence electrons. The van der Waals surface area contributed by atoms with Crippen LogP contribution < -0.4 is 11.5 Å². The van der Waals surface area contributed by atoms with Gasteiger partial charge in [0.05, 0.1) is 13.2 Å². The Morgan fingerprint density at radius 3 is 2.64 bits per heavy atom. The lowest BCUT2D eigenvalue weighted by Gasteiger charge is -2.07. The van der Waals surface area contributed by atoms with Gasteiger partial charge in [0.15, 0.2) is 6.04 Å². The van der Waals surface area contributed by atoms with Crippen LogP contribution in [-0.4, -0.2) is 25.2 Å². The van der Waals surface area contributed by atoms with Crippen LogP contribution in [0.4, 0.5) is 0 Å². The van der Waals surface area contributed by atoms with Crippen LogP contribution in [0.1, 0.15) is 39.0 Å². The minimum absolute atomic E-state index is 0.150. The van der Waals surface area contributed by atoms with Crippen LogP contribution in [0.15, 0.2) is 0 Å². The number of hydrogen-bond donors (Lipinski definition) is 2. The molecule has 0 amide bonds.